The number of hydrogen-bond acceptors (Lipinski definition) is 1. The molecule has 0 unspecified atom stereocenters. The number of hydrogen-bond donors (Lipinski definition) is 1. The van der Waals surface area contributed by atoms with Crippen molar-refractivity contribution < 1.29 is 5.11 Å². The first kappa shape index (κ1) is 11.5. The first-order valence-electron chi connectivity index (χ1n) is 5.67. The molecule has 1 N–H and O–H groups in total. The second-order valence-electron chi connectivity index (χ2n) is 4.42. The van der Waals surface area contributed by atoms with Gasteiger partial charge in [-0.25, -0.2) is 0 Å². The highest BCUT2D eigenvalue weighted by atomic mass is 16.3. The van der Waals surface area contributed by atoms with Gasteiger partial charge in [0, 0.05) is 0 Å². The molecule has 0 bridgehead atoms. The van der Waals surface area contributed by atoms with Crippen molar-refractivity contribution in [3.63, 3.8) is 0 Å². The van der Waals surface area contributed by atoms with E-state index < -0.39 is 5.60 Å². The maximum atomic E-state index is 10.5. The molecule has 80 valence electrons. The van der Waals surface area contributed by atoms with Gasteiger partial charge in [0.15, 0.2) is 0 Å². The van der Waals surface area contributed by atoms with Crippen molar-refractivity contribution >= 4 is 0 Å². The fraction of sp³-hybridized carbons (Fsp3) is 0.692. The summed E-state index contributed by atoms with van der Waals surface area (Å²) in [6, 6.07) is 0. The van der Waals surface area contributed by atoms with Gasteiger partial charge in [0.05, 0.1) is 5.60 Å². The minimum absolute atomic E-state index is 0.451. The Hall–Kier alpha value is -0.560. The van der Waals surface area contributed by atoms with Crippen molar-refractivity contribution in [2.45, 2.75) is 50.5 Å². The predicted octanol–water partition coefficient (Wildman–Crippen LogP) is 3.45. The smallest absolute Gasteiger partial charge is 0.0744 e. The van der Waals surface area contributed by atoms with E-state index in [9.17, 15) is 5.11 Å². The van der Waals surface area contributed by atoms with Crippen LogP contribution in [0.4, 0.5) is 0 Å². The summed E-state index contributed by atoms with van der Waals surface area (Å²) >= 11 is 0. The maximum absolute atomic E-state index is 10.5. The minimum atomic E-state index is -0.566. The van der Waals surface area contributed by atoms with Gasteiger partial charge in [-0.2, -0.15) is 0 Å². The number of rotatable bonds is 5. The third-order valence-corrected chi connectivity index (χ3v) is 3.36. The number of aliphatic hydroxyl groups is 1. The van der Waals surface area contributed by atoms with Gasteiger partial charge in [-0.15, -0.1) is 13.2 Å². The summed E-state index contributed by atoms with van der Waals surface area (Å²) in [5.41, 5.74) is -0.566. The molecule has 0 aromatic rings. The summed E-state index contributed by atoms with van der Waals surface area (Å²) in [7, 11) is 0. The minimum Gasteiger partial charge on any atom is -0.389 e. The molecule has 0 aromatic heterocycles. The van der Waals surface area contributed by atoms with E-state index in [-0.39, 0.29) is 0 Å². The standard InChI is InChI=1S/C13H22O/c1-3-10-13(14,11-4-2)12-8-6-5-7-9-12/h3-4,12,14H,1-2,5-11H2. The van der Waals surface area contributed by atoms with Gasteiger partial charge in [-0.05, 0) is 31.6 Å². The van der Waals surface area contributed by atoms with Crippen LogP contribution in [-0.4, -0.2) is 10.7 Å². The second kappa shape index (κ2) is 5.35. The first-order valence-corrected chi connectivity index (χ1v) is 5.67. The molecular weight excluding hydrogens is 172 g/mol. The third-order valence-electron chi connectivity index (χ3n) is 3.36. The molecule has 1 saturated carbocycles. The van der Waals surface area contributed by atoms with Crippen LogP contribution in [0, 0.1) is 5.92 Å². The van der Waals surface area contributed by atoms with Crippen LogP contribution in [-0.2, 0) is 0 Å². The summed E-state index contributed by atoms with van der Waals surface area (Å²) in [6.45, 7) is 7.46. The zero-order valence-corrected chi connectivity index (χ0v) is 9.04. The largest absolute Gasteiger partial charge is 0.389 e. The Morgan fingerprint density at radius 3 is 2.00 bits per heavy atom. The molecule has 1 aliphatic rings. The summed E-state index contributed by atoms with van der Waals surface area (Å²) in [5.74, 6) is 0.451. The maximum Gasteiger partial charge on any atom is 0.0744 e. The highest BCUT2D eigenvalue weighted by Crippen LogP contribution is 2.37. The molecule has 14 heavy (non-hydrogen) atoms. The SMILES string of the molecule is C=CCC(O)(CC=C)C1CCCCC1. The summed E-state index contributed by atoms with van der Waals surface area (Å²) in [6.07, 6.45) is 11.2. The van der Waals surface area contributed by atoms with Crippen LogP contribution in [0.15, 0.2) is 25.3 Å². The Morgan fingerprint density at radius 2 is 1.57 bits per heavy atom. The summed E-state index contributed by atoms with van der Waals surface area (Å²) < 4.78 is 0. The van der Waals surface area contributed by atoms with E-state index in [0.717, 1.165) is 12.8 Å². The van der Waals surface area contributed by atoms with Gasteiger partial charge in [-0.3, -0.25) is 0 Å². The van der Waals surface area contributed by atoms with Gasteiger partial charge in [0.2, 0.25) is 0 Å². The van der Waals surface area contributed by atoms with E-state index in [2.05, 4.69) is 13.2 Å². The lowest BCUT2D eigenvalue weighted by molar-refractivity contribution is -0.0278. The molecule has 1 fully saturated rings. The van der Waals surface area contributed by atoms with E-state index in [1.54, 1.807) is 0 Å². The van der Waals surface area contributed by atoms with Crippen molar-refractivity contribution in [1.82, 2.24) is 0 Å². The van der Waals surface area contributed by atoms with Gasteiger partial charge in [-0.1, -0.05) is 31.4 Å². The van der Waals surface area contributed by atoms with Crippen LogP contribution in [0.3, 0.4) is 0 Å². The van der Waals surface area contributed by atoms with Crippen LogP contribution in [0.25, 0.3) is 0 Å². The molecule has 1 nitrogen and oxygen atoms in total. The van der Waals surface area contributed by atoms with Crippen LogP contribution >= 0.6 is 0 Å². The highest BCUT2D eigenvalue weighted by Gasteiger charge is 2.34. The molecule has 1 heteroatoms. The first-order chi connectivity index (χ1) is 6.73. The molecule has 0 amide bonds. The molecule has 1 aliphatic carbocycles. The lowest BCUT2D eigenvalue weighted by Gasteiger charge is -2.37. The zero-order chi connectivity index (χ0) is 10.4. The molecule has 0 atom stereocenters. The fourth-order valence-corrected chi connectivity index (χ4v) is 2.56. The Balaban J connectivity index is 2.62. The van der Waals surface area contributed by atoms with Gasteiger partial charge in [0.25, 0.3) is 0 Å². The van der Waals surface area contributed by atoms with Gasteiger partial charge in [0.1, 0.15) is 0 Å². The quantitative estimate of drug-likeness (QED) is 0.665. The normalized spacial score (nSPS) is 19.2. The summed E-state index contributed by atoms with van der Waals surface area (Å²) in [5, 5.41) is 10.5. The monoisotopic (exact) mass is 194 g/mol. The van der Waals surface area contributed by atoms with E-state index >= 15 is 0 Å². The van der Waals surface area contributed by atoms with Crippen molar-refractivity contribution in [2.24, 2.45) is 5.92 Å². The molecule has 0 saturated heterocycles. The van der Waals surface area contributed by atoms with E-state index in [1.807, 2.05) is 12.2 Å². The van der Waals surface area contributed by atoms with E-state index in [4.69, 9.17) is 0 Å². The molecular formula is C13H22O. The lowest BCUT2D eigenvalue weighted by Crippen LogP contribution is -2.38. The van der Waals surface area contributed by atoms with Crippen molar-refractivity contribution in [3.8, 4) is 0 Å². The van der Waals surface area contributed by atoms with Crippen LogP contribution in [0.1, 0.15) is 44.9 Å². The zero-order valence-electron chi connectivity index (χ0n) is 9.04. The Bertz CT molecular complexity index is 179. The van der Waals surface area contributed by atoms with Crippen molar-refractivity contribution in [3.05, 3.63) is 25.3 Å². The van der Waals surface area contributed by atoms with Crippen LogP contribution in [0.2, 0.25) is 0 Å². The Morgan fingerprint density at radius 1 is 1.07 bits per heavy atom. The Labute approximate surface area is 87.5 Å². The van der Waals surface area contributed by atoms with E-state index in [1.165, 1.54) is 19.3 Å². The van der Waals surface area contributed by atoms with E-state index in [0.29, 0.717) is 18.8 Å². The average molecular weight is 194 g/mol. The topological polar surface area (TPSA) is 20.2 Å². The summed E-state index contributed by atoms with van der Waals surface area (Å²) in [4.78, 5) is 0. The van der Waals surface area contributed by atoms with Gasteiger partial charge < -0.3 is 5.11 Å². The third kappa shape index (κ3) is 2.71. The second-order valence-corrected chi connectivity index (χ2v) is 4.42. The molecule has 0 radical (unpaired) electrons. The molecule has 0 aromatic carbocycles. The van der Waals surface area contributed by atoms with Gasteiger partial charge >= 0.3 is 0 Å². The highest BCUT2D eigenvalue weighted by molar-refractivity contribution is 4.97. The van der Waals surface area contributed by atoms with Crippen molar-refractivity contribution in [2.75, 3.05) is 0 Å². The predicted molar refractivity (Wildman–Crippen MR) is 61.2 cm³/mol. The molecule has 0 spiro atoms. The molecule has 0 heterocycles. The lowest BCUT2D eigenvalue weighted by atomic mass is 9.73. The van der Waals surface area contributed by atoms with Crippen LogP contribution < -0.4 is 0 Å². The average Bonchev–Trinajstić information content (AvgIpc) is 2.20. The molecule has 0 aliphatic heterocycles. The fourth-order valence-electron chi connectivity index (χ4n) is 2.56. The Kier molecular flexibility index (Phi) is 4.40. The van der Waals surface area contributed by atoms with Crippen molar-refractivity contribution in [1.29, 1.82) is 0 Å². The van der Waals surface area contributed by atoms with Crippen LogP contribution in [0.5, 0.6) is 0 Å². The molecule has 1 rings (SSSR count).